The Morgan fingerprint density at radius 3 is 2.67 bits per heavy atom. The van der Waals surface area contributed by atoms with E-state index in [0.717, 1.165) is 15.6 Å². The summed E-state index contributed by atoms with van der Waals surface area (Å²) in [5, 5.41) is 0.434. The fourth-order valence-electron chi connectivity index (χ4n) is 1.72. The van der Waals surface area contributed by atoms with Crippen LogP contribution in [-0.4, -0.2) is 12.6 Å². The van der Waals surface area contributed by atoms with Gasteiger partial charge in [-0.25, -0.2) is 4.79 Å². The molecule has 3 nitrogen and oxygen atoms in total. The fourth-order valence-corrected chi connectivity index (χ4v) is 2.44. The molecule has 0 aromatic heterocycles. The largest absolute Gasteiger partial charge is 0.480 e. The normalized spacial score (nSPS) is 10.3. The maximum atomic E-state index is 11.8. The average Bonchev–Trinajstić information content (AvgIpc) is 2.43. The van der Waals surface area contributed by atoms with Gasteiger partial charge in [-0.1, -0.05) is 39.7 Å². The van der Waals surface area contributed by atoms with Crippen molar-refractivity contribution in [3.8, 4) is 11.5 Å². The smallest absolute Gasteiger partial charge is 0.349 e. The second kappa shape index (κ2) is 6.96. The first-order chi connectivity index (χ1) is 9.97. The van der Waals surface area contributed by atoms with Gasteiger partial charge in [0, 0.05) is 4.47 Å². The molecule has 2 rings (SSSR count). The third-order valence-electron chi connectivity index (χ3n) is 3.02. The number of carbonyl (C=O) groups is 1. The Labute approximate surface area is 137 Å². The summed E-state index contributed by atoms with van der Waals surface area (Å²) in [6.45, 7) is 3.67. The van der Waals surface area contributed by atoms with E-state index in [2.05, 4.69) is 15.9 Å². The van der Waals surface area contributed by atoms with E-state index < -0.39 is 5.97 Å². The van der Waals surface area contributed by atoms with Crippen molar-refractivity contribution in [2.24, 2.45) is 0 Å². The molecule has 0 N–H and O–H groups in total. The van der Waals surface area contributed by atoms with Crippen molar-refractivity contribution in [3.63, 3.8) is 0 Å². The maximum absolute atomic E-state index is 11.8. The van der Waals surface area contributed by atoms with Crippen LogP contribution >= 0.6 is 27.5 Å². The summed E-state index contributed by atoms with van der Waals surface area (Å²) in [5.41, 5.74) is 2.00. The van der Waals surface area contributed by atoms with Crippen molar-refractivity contribution in [1.29, 1.82) is 0 Å². The minimum absolute atomic E-state index is 0.200. The minimum atomic E-state index is -0.470. The zero-order chi connectivity index (χ0) is 15.4. The number of benzene rings is 2. The van der Waals surface area contributed by atoms with Crippen LogP contribution in [0.25, 0.3) is 0 Å². The first-order valence-corrected chi connectivity index (χ1v) is 7.49. The van der Waals surface area contributed by atoms with Gasteiger partial charge >= 0.3 is 5.97 Å². The van der Waals surface area contributed by atoms with E-state index in [1.165, 1.54) is 0 Å². The molecule has 0 amide bonds. The van der Waals surface area contributed by atoms with Crippen molar-refractivity contribution in [2.45, 2.75) is 13.8 Å². The molecule has 0 saturated heterocycles. The van der Waals surface area contributed by atoms with Gasteiger partial charge in [-0.15, -0.1) is 0 Å². The standard InChI is InChI=1S/C16H14BrClO3/c1-10-4-3-5-14(11(10)2)21-16(19)9-20-15-7-6-12(17)8-13(15)18/h3-8H,9H2,1-2H3. The SMILES string of the molecule is Cc1cccc(OC(=O)COc2ccc(Br)cc2Cl)c1C. The molecule has 0 fully saturated rings. The van der Waals surface area contributed by atoms with E-state index in [4.69, 9.17) is 21.1 Å². The number of esters is 1. The Bertz CT molecular complexity index is 671. The Morgan fingerprint density at radius 1 is 1.19 bits per heavy atom. The van der Waals surface area contributed by atoms with Crippen molar-refractivity contribution in [1.82, 2.24) is 0 Å². The van der Waals surface area contributed by atoms with Gasteiger partial charge in [0.25, 0.3) is 0 Å². The van der Waals surface area contributed by atoms with Crippen molar-refractivity contribution >= 4 is 33.5 Å². The van der Waals surface area contributed by atoms with E-state index in [0.29, 0.717) is 16.5 Å². The molecule has 0 spiro atoms. The second-order valence-corrected chi connectivity index (χ2v) is 5.86. The van der Waals surface area contributed by atoms with Crippen LogP contribution in [0.2, 0.25) is 5.02 Å². The molecule has 0 aliphatic carbocycles. The van der Waals surface area contributed by atoms with E-state index in [1.54, 1.807) is 24.3 Å². The number of ether oxygens (including phenoxy) is 2. The molecular formula is C16H14BrClO3. The summed E-state index contributed by atoms with van der Waals surface area (Å²) in [6, 6.07) is 10.7. The van der Waals surface area contributed by atoms with E-state index in [1.807, 2.05) is 26.0 Å². The highest BCUT2D eigenvalue weighted by molar-refractivity contribution is 9.10. The number of rotatable bonds is 4. The summed E-state index contributed by atoms with van der Waals surface area (Å²) < 4.78 is 11.5. The molecular weight excluding hydrogens is 356 g/mol. The number of aryl methyl sites for hydroxylation is 1. The Hall–Kier alpha value is -1.52. The average molecular weight is 370 g/mol. The molecule has 0 radical (unpaired) electrons. The van der Waals surface area contributed by atoms with Gasteiger partial charge in [0.05, 0.1) is 5.02 Å². The van der Waals surface area contributed by atoms with Crippen LogP contribution in [0.1, 0.15) is 11.1 Å². The summed E-state index contributed by atoms with van der Waals surface area (Å²) in [4.78, 5) is 11.8. The van der Waals surface area contributed by atoms with Crippen LogP contribution in [0.15, 0.2) is 40.9 Å². The van der Waals surface area contributed by atoms with Gasteiger partial charge < -0.3 is 9.47 Å². The van der Waals surface area contributed by atoms with Gasteiger partial charge in [-0.05, 0) is 49.2 Å². The number of hydrogen-bond donors (Lipinski definition) is 0. The number of hydrogen-bond acceptors (Lipinski definition) is 3. The van der Waals surface area contributed by atoms with Crippen molar-refractivity contribution in [2.75, 3.05) is 6.61 Å². The van der Waals surface area contributed by atoms with Gasteiger partial charge in [0.15, 0.2) is 6.61 Å². The Kier molecular flexibility index (Phi) is 5.26. The lowest BCUT2D eigenvalue weighted by Gasteiger charge is -2.10. The lowest BCUT2D eigenvalue weighted by atomic mass is 10.1. The zero-order valence-corrected chi connectivity index (χ0v) is 14.0. The van der Waals surface area contributed by atoms with Gasteiger partial charge in [-0.3, -0.25) is 0 Å². The van der Waals surface area contributed by atoms with E-state index >= 15 is 0 Å². The molecule has 21 heavy (non-hydrogen) atoms. The van der Waals surface area contributed by atoms with E-state index in [9.17, 15) is 4.79 Å². The minimum Gasteiger partial charge on any atom is -0.480 e. The molecule has 0 heterocycles. The van der Waals surface area contributed by atoms with Crippen LogP contribution < -0.4 is 9.47 Å². The van der Waals surface area contributed by atoms with E-state index in [-0.39, 0.29) is 6.61 Å². The predicted molar refractivity (Wildman–Crippen MR) is 86.2 cm³/mol. The summed E-state index contributed by atoms with van der Waals surface area (Å²) >= 11 is 9.32. The number of carbonyl (C=O) groups excluding carboxylic acids is 1. The van der Waals surface area contributed by atoms with Crippen LogP contribution in [-0.2, 0) is 4.79 Å². The first kappa shape index (κ1) is 15.9. The van der Waals surface area contributed by atoms with Gasteiger partial charge in [-0.2, -0.15) is 0 Å². The van der Waals surface area contributed by atoms with Crippen molar-refractivity contribution in [3.05, 3.63) is 57.0 Å². The summed E-state index contributed by atoms with van der Waals surface area (Å²) in [5.74, 6) is 0.519. The quantitative estimate of drug-likeness (QED) is 0.578. The molecule has 2 aromatic rings. The maximum Gasteiger partial charge on any atom is 0.349 e. The molecule has 110 valence electrons. The lowest BCUT2D eigenvalue weighted by Crippen LogP contribution is -2.18. The number of halogens is 2. The second-order valence-electron chi connectivity index (χ2n) is 4.54. The monoisotopic (exact) mass is 368 g/mol. The van der Waals surface area contributed by atoms with Gasteiger partial charge in [0.1, 0.15) is 11.5 Å². The van der Waals surface area contributed by atoms with Gasteiger partial charge in [0.2, 0.25) is 0 Å². The molecule has 0 bridgehead atoms. The molecule has 5 heteroatoms. The predicted octanol–water partition coefficient (Wildman–Crippen LogP) is 4.70. The van der Waals surface area contributed by atoms with Crippen LogP contribution in [0.3, 0.4) is 0 Å². The molecule has 0 aliphatic heterocycles. The molecule has 0 atom stereocenters. The zero-order valence-electron chi connectivity index (χ0n) is 11.7. The third-order valence-corrected chi connectivity index (χ3v) is 3.81. The first-order valence-electron chi connectivity index (χ1n) is 6.32. The van der Waals surface area contributed by atoms with Crippen LogP contribution in [0.4, 0.5) is 0 Å². The molecule has 0 saturated carbocycles. The highest BCUT2D eigenvalue weighted by Gasteiger charge is 2.10. The Morgan fingerprint density at radius 2 is 1.95 bits per heavy atom. The Balaban J connectivity index is 1.97. The molecule has 0 aliphatic rings. The third kappa shape index (κ3) is 4.22. The summed E-state index contributed by atoms with van der Waals surface area (Å²) in [6.07, 6.45) is 0. The fraction of sp³-hybridized carbons (Fsp3) is 0.188. The molecule has 0 unspecified atom stereocenters. The summed E-state index contributed by atoms with van der Waals surface area (Å²) in [7, 11) is 0. The lowest BCUT2D eigenvalue weighted by molar-refractivity contribution is -0.136. The van der Waals surface area contributed by atoms with Crippen LogP contribution in [0.5, 0.6) is 11.5 Å². The highest BCUT2D eigenvalue weighted by atomic mass is 79.9. The molecule has 2 aromatic carbocycles. The topological polar surface area (TPSA) is 35.5 Å². The highest BCUT2D eigenvalue weighted by Crippen LogP contribution is 2.27. The van der Waals surface area contributed by atoms with Crippen LogP contribution in [0, 0.1) is 13.8 Å². The van der Waals surface area contributed by atoms with Crippen molar-refractivity contribution < 1.29 is 14.3 Å².